The number of halogens is 5. The van der Waals surface area contributed by atoms with Gasteiger partial charge in [-0.3, -0.25) is 4.90 Å². The third kappa shape index (κ3) is 4.24. The third-order valence-electron chi connectivity index (χ3n) is 3.94. The van der Waals surface area contributed by atoms with Crippen LogP contribution in [0, 0.1) is 0 Å². The van der Waals surface area contributed by atoms with Gasteiger partial charge in [0.25, 0.3) is 0 Å². The van der Waals surface area contributed by atoms with Gasteiger partial charge in [-0.2, -0.15) is 13.2 Å². The van der Waals surface area contributed by atoms with Crippen molar-refractivity contribution in [2.24, 2.45) is 0 Å². The van der Waals surface area contributed by atoms with Crippen LogP contribution in [0.2, 0.25) is 5.02 Å². The van der Waals surface area contributed by atoms with Crippen molar-refractivity contribution in [2.45, 2.75) is 12.2 Å². The molecular formula is C16H17Cl2F3N2S. The van der Waals surface area contributed by atoms with Gasteiger partial charge in [-0.15, -0.1) is 23.7 Å². The molecule has 3 rings (SSSR count). The zero-order valence-corrected chi connectivity index (χ0v) is 15.0. The van der Waals surface area contributed by atoms with Crippen molar-refractivity contribution in [3.05, 3.63) is 56.7 Å². The smallest absolute Gasteiger partial charge is 0.314 e. The highest BCUT2D eigenvalue weighted by Gasteiger charge is 2.35. The standard InChI is InChI=1S/C16H16ClF3N2S.ClH/c17-13-4-3-11(10-12(13)16(18,19)20)15(14-2-1-9-23-14)22-7-5-21-6-8-22;/h1-4,9-10,15,21H,5-8H2;1H/t15-;/m0./s1. The number of rotatable bonds is 3. The van der Waals surface area contributed by atoms with Gasteiger partial charge in [-0.1, -0.05) is 23.7 Å². The Kier molecular flexibility index (Phi) is 6.56. The summed E-state index contributed by atoms with van der Waals surface area (Å²) in [5, 5.41) is 4.96. The van der Waals surface area contributed by atoms with Gasteiger partial charge < -0.3 is 5.32 Å². The molecule has 1 atom stereocenters. The van der Waals surface area contributed by atoms with Crippen molar-refractivity contribution < 1.29 is 13.2 Å². The second-order valence-electron chi connectivity index (χ2n) is 5.44. The number of hydrogen-bond acceptors (Lipinski definition) is 3. The second kappa shape index (κ2) is 8.06. The maximum Gasteiger partial charge on any atom is 0.417 e. The summed E-state index contributed by atoms with van der Waals surface area (Å²) in [6.45, 7) is 3.27. The number of piperazine rings is 1. The molecule has 0 radical (unpaired) electrons. The molecule has 0 bridgehead atoms. The molecule has 1 fully saturated rings. The molecule has 2 nitrogen and oxygen atoms in total. The Labute approximate surface area is 154 Å². The van der Waals surface area contributed by atoms with Gasteiger partial charge in [0.2, 0.25) is 0 Å². The van der Waals surface area contributed by atoms with E-state index in [1.165, 1.54) is 12.1 Å². The average Bonchev–Trinajstić information content (AvgIpc) is 3.03. The van der Waals surface area contributed by atoms with E-state index in [0.29, 0.717) is 5.56 Å². The summed E-state index contributed by atoms with van der Waals surface area (Å²) in [6, 6.07) is 7.96. The molecule has 1 N–H and O–H groups in total. The fourth-order valence-electron chi connectivity index (χ4n) is 2.87. The molecule has 1 aromatic carbocycles. The predicted molar refractivity (Wildman–Crippen MR) is 94.3 cm³/mol. The largest absolute Gasteiger partial charge is 0.417 e. The highest BCUT2D eigenvalue weighted by molar-refractivity contribution is 7.10. The molecule has 1 aliphatic rings. The van der Waals surface area contributed by atoms with Crippen LogP contribution in [-0.2, 0) is 6.18 Å². The molecule has 132 valence electrons. The van der Waals surface area contributed by atoms with E-state index in [1.54, 1.807) is 17.4 Å². The molecule has 8 heteroatoms. The molecule has 1 saturated heterocycles. The molecule has 0 saturated carbocycles. The van der Waals surface area contributed by atoms with E-state index in [0.717, 1.165) is 31.1 Å². The number of hydrogen-bond donors (Lipinski definition) is 1. The summed E-state index contributed by atoms with van der Waals surface area (Å²) in [6.07, 6.45) is -4.45. The van der Waals surface area contributed by atoms with E-state index in [9.17, 15) is 13.2 Å². The molecule has 1 aliphatic heterocycles. The van der Waals surface area contributed by atoms with Gasteiger partial charge in [0.05, 0.1) is 16.6 Å². The topological polar surface area (TPSA) is 15.3 Å². The van der Waals surface area contributed by atoms with E-state index in [1.807, 2.05) is 17.5 Å². The molecule has 1 aromatic heterocycles. The van der Waals surface area contributed by atoms with Crippen molar-refractivity contribution >= 4 is 35.3 Å². The summed E-state index contributed by atoms with van der Waals surface area (Å²) in [5.41, 5.74) is -0.139. The van der Waals surface area contributed by atoms with E-state index >= 15 is 0 Å². The van der Waals surface area contributed by atoms with Crippen LogP contribution in [0.1, 0.15) is 22.0 Å². The molecule has 2 heterocycles. The number of nitrogens with zero attached hydrogens (tertiary/aromatic N) is 1. The Balaban J connectivity index is 0.00000208. The fraction of sp³-hybridized carbons (Fsp3) is 0.375. The molecule has 24 heavy (non-hydrogen) atoms. The first kappa shape index (κ1) is 19.5. The molecule has 0 amide bonds. The SMILES string of the molecule is Cl.FC(F)(F)c1cc([C@@H](c2cccs2)N2CCNCC2)ccc1Cl. The highest BCUT2D eigenvalue weighted by atomic mass is 35.5. The fourth-order valence-corrected chi connectivity index (χ4v) is 3.98. The third-order valence-corrected chi connectivity index (χ3v) is 5.20. The lowest BCUT2D eigenvalue weighted by molar-refractivity contribution is -0.137. The zero-order valence-electron chi connectivity index (χ0n) is 12.6. The Hall–Kier alpha value is -0.790. The summed E-state index contributed by atoms with van der Waals surface area (Å²) in [5.74, 6) is 0. The molecule has 2 aromatic rings. The first-order chi connectivity index (χ1) is 11.0. The van der Waals surface area contributed by atoms with Crippen LogP contribution in [0.3, 0.4) is 0 Å². The highest BCUT2D eigenvalue weighted by Crippen LogP contribution is 2.39. The first-order valence-electron chi connectivity index (χ1n) is 7.31. The summed E-state index contributed by atoms with van der Waals surface area (Å²) < 4.78 is 39.5. The number of benzene rings is 1. The van der Waals surface area contributed by atoms with Crippen molar-refractivity contribution in [3.63, 3.8) is 0 Å². The van der Waals surface area contributed by atoms with Crippen molar-refractivity contribution in [1.82, 2.24) is 10.2 Å². The maximum absolute atomic E-state index is 13.2. The summed E-state index contributed by atoms with van der Waals surface area (Å²) >= 11 is 7.32. The van der Waals surface area contributed by atoms with E-state index in [4.69, 9.17) is 11.6 Å². The first-order valence-corrected chi connectivity index (χ1v) is 8.57. The van der Waals surface area contributed by atoms with Crippen molar-refractivity contribution in [2.75, 3.05) is 26.2 Å². The van der Waals surface area contributed by atoms with Crippen molar-refractivity contribution in [1.29, 1.82) is 0 Å². The minimum Gasteiger partial charge on any atom is -0.314 e. The zero-order chi connectivity index (χ0) is 16.4. The summed E-state index contributed by atoms with van der Waals surface area (Å²) in [7, 11) is 0. The van der Waals surface area contributed by atoms with Crippen LogP contribution in [0.4, 0.5) is 13.2 Å². The van der Waals surface area contributed by atoms with Gasteiger partial charge in [0.1, 0.15) is 0 Å². The lowest BCUT2D eigenvalue weighted by Crippen LogP contribution is -2.45. The van der Waals surface area contributed by atoms with Crippen LogP contribution < -0.4 is 5.32 Å². The van der Waals surface area contributed by atoms with Crippen molar-refractivity contribution in [3.8, 4) is 0 Å². The Morgan fingerprint density at radius 2 is 1.88 bits per heavy atom. The minimum atomic E-state index is -4.45. The molecule has 0 unspecified atom stereocenters. The maximum atomic E-state index is 13.2. The van der Waals surface area contributed by atoms with Gasteiger partial charge >= 0.3 is 6.18 Å². The molecule has 0 aliphatic carbocycles. The Morgan fingerprint density at radius 3 is 2.46 bits per heavy atom. The normalized spacial score (nSPS) is 17.3. The van der Waals surface area contributed by atoms with Gasteiger partial charge in [-0.25, -0.2) is 0 Å². The monoisotopic (exact) mass is 396 g/mol. The predicted octanol–water partition coefficient (Wildman–Crippen LogP) is 4.84. The van der Waals surface area contributed by atoms with E-state index in [2.05, 4.69) is 10.2 Å². The van der Waals surface area contributed by atoms with Crippen LogP contribution >= 0.6 is 35.3 Å². The summed E-state index contributed by atoms with van der Waals surface area (Å²) in [4.78, 5) is 3.26. The van der Waals surface area contributed by atoms with E-state index in [-0.39, 0.29) is 23.5 Å². The quantitative estimate of drug-likeness (QED) is 0.798. The number of thiophene rings is 1. The van der Waals surface area contributed by atoms with Crippen LogP contribution in [0.15, 0.2) is 35.7 Å². The molecule has 0 spiro atoms. The van der Waals surface area contributed by atoms with Crippen LogP contribution in [-0.4, -0.2) is 31.1 Å². The number of nitrogens with one attached hydrogen (secondary N) is 1. The van der Waals surface area contributed by atoms with E-state index < -0.39 is 11.7 Å². The lowest BCUT2D eigenvalue weighted by atomic mass is 10.00. The Bertz CT molecular complexity index is 656. The number of alkyl halides is 3. The van der Waals surface area contributed by atoms with Crippen LogP contribution in [0.25, 0.3) is 0 Å². The Morgan fingerprint density at radius 1 is 1.17 bits per heavy atom. The van der Waals surface area contributed by atoms with Gasteiger partial charge in [0, 0.05) is 31.1 Å². The minimum absolute atomic E-state index is 0. The van der Waals surface area contributed by atoms with Gasteiger partial charge in [0.15, 0.2) is 0 Å². The van der Waals surface area contributed by atoms with Gasteiger partial charge in [-0.05, 0) is 29.1 Å². The average molecular weight is 397 g/mol. The van der Waals surface area contributed by atoms with Crippen LogP contribution in [0.5, 0.6) is 0 Å². The molecular weight excluding hydrogens is 380 g/mol. The lowest BCUT2D eigenvalue weighted by Gasteiger charge is -2.35. The second-order valence-corrected chi connectivity index (χ2v) is 6.83.